The molecule has 4 rings (SSSR count). The Balaban J connectivity index is 1.50. The van der Waals surface area contributed by atoms with Crippen LogP contribution in [-0.4, -0.2) is 48.4 Å². The lowest BCUT2D eigenvalue weighted by molar-refractivity contribution is -0.182. The maximum Gasteiger partial charge on any atom is 0.391 e. The predicted octanol–water partition coefficient (Wildman–Crippen LogP) is 4.87. The average molecular weight is 493 g/mol. The Morgan fingerprint density at radius 1 is 0.882 bits per heavy atom. The minimum Gasteiger partial charge on any atom is -0.396 e. The van der Waals surface area contributed by atoms with Gasteiger partial charge in [-0.3, -0.25) is 4.79 Å². The third-order valence-corrected chi connectivity index (χ3v) is 6.98. The van der Waals surface area contributed by atoms with Crippen molar-refractivity contribution in [3.63, 3.8) is 0 Å². The zero-order valence-electron chi connectivity index (χ0n) is 18.6. The number of nitrogens with one attached hydrogen (secondary N) is 2. The minimum atomic E-state index is -4.27. The molecule has 1 aliphatic heterocycles. The van der Waals surface area contributed by atoms with Crippen molar-refractivity contribution in [1.29, 1.82) is 0 Å². The molecule has 4 N–H and O–H groups in total. The number of alkyl halides is 6. The zero-order valence-corrected chi connectivity index (χ0v) is 18.6. The molecule has 12 heteroatoms. The lowest BCUT2D eigenvalue weighted by Crippen LogP contribution is -2.42. The van der Waals surface area contributed by atoms with E-state index in [1.165, 1.54) is 6.07 Å². The zero-order chi connectivity index (χ0) is 24.7. The van der Waals surface area contributed by atoms with E-state index in [0.29, 0.717) is 5.82 Å². The Hall–Kier alpha value is -2.40. The summed E-state index contributed by atoms with van der Waals surface area (Å²) in [5.41, 5.74) is 6.48. The largest absolute Gasteiger partial charge is 0.396 e. The summed E-state index contributed by atoms with van der Waals surface area (Å²) in [5.74, 6) is -2.66. The number of pyridine rings is 1. The molecule has 190 valence electrons. The lowest BCUT2D eigenvalue weighted by atomic mass is 9.85. The van der Waals surface area contributed by atoms with Crippen molar-refractivity contribution >= 4 is 23.2 Å². The fourth-order valence-corrected chi connectivity index (χ4v) is 4.71. The van der Waals surface area contributed by atoms with E-state index in [-0.39, 0.29) is 74.7 Å². The molecule has 6 nitrogen and oxygen atoms in total. The van der Waals surface area contributed by atoms with Gasteiger partial charge in [0, 0.05) is 25.2 Å². The number of rotatable bonds is 5. The van der Waals surface area contributed by atoms with Gasteiger partial charge < -0.3 is 21.3 Å². The third kappa shape index (κ3) is 5.80. The van der Waals surface area contributed by atoms with Gasteiger partial charge in [0.05, 0.1) is 23.1 Å². The summed E-state index contributed by atoms with van der Waals surface area (Å²) in [6.45, 7) is 0.169. The van der Waals surface area contributed by atoms with Gasteiger partial charge in [-0.05, 0) is 57.4 Å². The van der Waals surface area contributed by atoms with E-state index in [1.807, 2.05) is 0 Å². The van der Waals surface area contributed by atoms with Crippen LogP contribution in [0, 0.1) is 11.8 Å². The summed E-state index contributed by atoms with van der Waals surface area (Å²) >= 11 is 0. The fraction of sp³-hybridized carbons (Fsp3) is 0.727. The van der Waals surface area contributed by atoms with Crippen LogP contribution in [0.3, 0.4) is 0 Å². The van der Waals surface area contributed by atoms with Gasteiger partial charge in [0.1, 0.15) is 5.82 Å². The van der Waals surface area contributed by atoms with Crippen LogP contribution in [-0.2, 0) is 0 Å². The molecule has 2 heterocycles. The number of hydrogen-bond donors (Lipinski definition) is 3. The number of halogens is 6. The van der Waals surface area contributed by atoms with Crippen molar-refractivity contribution in [2.45, 2.75) is 75.8 Å². The minimum absolute atomic E-state index is 0.0586. The van der Waals surface area contributed by atoms with Crippen LogP contribution < -0.4 is 21.3 Å². The SMILES string of the molecule is Nc1cc(C(=O)N[C@H]2CC[C@H](C(F)(F)F)CC2)c(N2CCC(C(F)(F)F)CC2)nc1NC1CC1. The molecule has 3 aliphatic rings. The maximum absolute atomic E-state index is 13.1. The second-order valence-corrected chi connectivity index (χ2v) is 9.58. The van der Waals surface area contributed by atoms with E-state index in [2.05, 4.69) is 15.6 Å². The van der Waals surface area contributed by atoms with Crippen molar-refractivity contribution in [2.24, 2.45) is 11.8 Å². The van der Waals surface area contributed by atoms with Crippen molar-refractivity contribution in [3.05, 3.63) is 11.6 Å². The number of nitrogen functional groups attached to an aromatic ring is 1. The molecule has 2 aliphatic carbocycles. The Morgan fingerprint density at radius 2 is 1.41 bits per heavy atom. The Morgan fingerprint density at radius 3 is 1.94 bits per heavy atom. The summed E-state index contributed by atoms with van der Waals surface area (Å²) in [6.07, 6.45) is -6.53. The highest BCUT2D eigenvalue weighted by Crippen LogP contribution is 2.39. The molecule has 34 heavy (non-hydrogen) atoms. The van der Waals surface area contributed by atoms with Crippen LogP contribution in [0.2, 0.25) is 0 Å². The van der Waals surface area contributed by atoms with E-state index in [1.54, 1.807) is 4.90 Å². The first-order valence-corrected chi connectivity index (χ1v) is 11.7. The molecule has 1 amide bonds. The number of amides is 1. The van der Waals surface area contributed by atoms with Crippen molar-refractivity contribution in [3.8, 4) is 0 Å². The van der Waals surface area contributed by atoms with E-state index in [0.717, 1.165) is 12.8 Å². The van der Waals surface area contributed by atoms with Crippen LogP contribution in [0.25, 0.3) is 0 Å². The molecule has 0 aromatic carbocycles. The maximum atomic E-state index is 13.1. The van der Waals surface area contributed by atoms with Gasteiger partial charge in [-0.25, -0.2) is 4.98 Å². The molecule has 0 spiro atoms. The number of carbonyl (C=O) groups excluding carboxylic acids is 1. The van der Waals surface area contributed by atoms with Crippen molar-refractivity contribution in [1.82, 2.24) is 10.3 Å². The first kappa shape index (κ1) is 24.7. The quantitative estimate of drug-likeness (QED) is 0.510. The number of nitrogens with two attached hydrogens (primary N) is 1. The van der Waals surface area contributed by atoms with Gasteiger partial charge >= 0.3 is 12.4 Å². The molecule has 1 aromatic heterocycles. The van der Waals surface area contributed by atoms with Gasteiger partial charge in [-0.15, -0.1) is 0 Å². The van der Waals surface area contributed by atoms with E-state index < -0.39 is 36.1 Å². The second-order valence-electron chi connectivity index (χ2n) is 9.58. The van der Waals surface area contributed by atoms with Crippen molar-refractivity contribution < 1.29 is 31.1 Å². The number of anilines is 3. The highest BCUT2D eigenvalue weighted by molar-refractivity contribution is 6.01. The van der Waals surface area contributed by atoms with Gasteiger partial charge in [-0.2, -0.15) is 26.3 Å². The molecule has 0 unspecified atom stereocenters. The van der Waals surface area contributed by atoms with Crippen molar-refractivity contribution in [2.75, 3.05) is 29.0 Å². The van der Waals surface area contributed by atoms with Crippen LogP contribution in [0.4, 0.5) is 43.7 Å². The van der Waals surface area contributed by atoms with Gasteiger partial charge in [0.25, 0.3) is 5.91 Å². The number of piperidine rings is 1. The van der Waals surface area contributed by atoms with Crippen LogP contribution in [0.1, 0.15) is 61.7 Å². The molecular weight excluding hydrogens is 464 g/mol. The summed E-state index contributed by atoms with van der Waals surface area (Å²) < 4.78 is 78.2. The van der Waals surface area contributed by atoms with Crippen LogP contribution in [0.5, 0.6) is 0 Å². The normalized spacial score (nSPS) is 24.7. The molecule has 0 bridgehead atoms. The second kappa shape index (κ2) is 9.33. The highest BCUT2D eigenvalue weighted by atomic mass is 19.4. The van der Waals surface area contributed by atoms with Crippen LogP contribution in [0.15, 0.2) is 6.07 Å². The monoisotopic (exact) mass is 493 g/mol. The topological polar surface area (TPSA) is 83.3 Å². The number of hydrogen-bond acceptors (Lipinski definition) is 5. The predicted molar refractivity (Wildman–Crippen MR) is 116 cm³/mol. The number of nitrogens with zero attached hydrogens (tertiary/aromatic N) is 2. The fourth-order valence-electron chi connectivity index (χ4n) is 4.71. The molecular formula is C22H29F6N5O. The Labute approximate surface area is 193 Å². The Bertz CT molecular complexity index is 885. The van der Waals surface area contributed by atoms with E-state index in [9.17, 15) is 31.1 Å². The lowest BCUT2D eigenvalue weighted by Gasteiger charge is -2.35. The molecule has 0 radical (unpaired) electrons. The third-order valence-electron chi connectivity index (χ3n) is 6.98. The van der Waals surface area contributed by atoms with Crippen LogP contribution >= 0.6 is 0 Å². The van der Waals surface area contributed by atoms with Gasteiger partial charge in [0.15, 0.2) is 5.82 Å². The van der Waals surface area contributed by atoms with Gasteiger partial charge in [-0.1, -0.05) is 0 Å². The summed E-state index contributed by atoms with van der Waals surface area (Å²) in [5, 5.41) is 5.97. The first-order valence-electron chi connectivity index (χ1n) is 11.7. The van der Waals surface area contributed by atoms with Gasteiger partial charge in [0.2, 0.25) is 0 Å². The first-order chi connectivity index (χ1) is 15.9. The molecule has 1 saturated heterocycles. The number of carbonyl (C=O) groups is 1. The standard InChI is InChI=1S/C22H29F6N5O/c23-21(24,25)12-1-3-15(4-2-12)31-20(34)16-11-17(29)18(30-14-5-6-14)32-19(16)33-9-7-13(8-10-33)22(26,27)28/h11-15H,1-10,29H2,(H,30,32)(H,31,34)/t12-,15-. The number of aromatic nitrogens is 1. The molecule has 3 fully saturated rings. The summed E-state index contributed by atoms with van der Waals surface area (Å²) in [6, 6.07) is 1.27. The smallest absolute Gasteiger partial charge is 0.391 e. The molecule has 2 saturated carbocycles. The Kier molecular flexibility index (Phi) is 6.78. The molecule has 1 aromatic rings. The van der Waals surface area contributed by atoms with E-state index >= 15 is 0 Å². The average Bonchev–Trinajstić information content (AvgIpc) is 3.58. The summed E-state index contributed by atoms with van der Waals surface area (Å²) in [7, 11) is 0. The molecule has 0 atom stereocenters. The summed E-state index contributed by atoms with van der Waals surface area (Å²) in [4.78, 5) is 19.3. The van der Waals surface area contributed by atoms with E-state index in [4.69, 9.17) is 5.73 Å². The highest BCUT2D eigenvalue weighted by Gasteiger charge is 2.43.